The van der Waals surface area contributed by atoms with Crippen LogP contribution in [0.4, 0.5) is 0 Å². The second-order valence-corrected chi connectivity index (χ2v) is 4.32. The van der Waals surface area contributed by atoms with Crippen LogP contribution in [0, 0.1) is 11.3 Å². The van der Waals surface area contributed by atoms with E-state index in [0.717, 1.165) is 12.3 Å². The number of hydrogen-bond acceptors (Lipinski definition) is 0. The normalized spacial score (nSPS) is 15.8. The molecular weight excluding hydrogens is 119 g/mol. The second-order valence-electron chi connectivity index (χ2n) is 4.32. The third kappa shape index (κ3) is 3.29. The summed E-state index contributed by atoms with van der Waals surface area (Å²) in [5, 5.41) is 0. The molecule has 0 fully saturated rings. The van der Waals surface area contributed by atoms with Crippen LogP contribution in [-0.4, -0.2) is 7.85 Å². The zero-order chi connectivity index (χ0) is 8.36. The minimum Gasteiger partial charge on any atom is -0.0797 e. The molecule has 0 spiro atoms. The highest BCUT2D eigenvalue weighted by atomic mass is 14.3. The molecule has 10 heavy (non-hydrogen) atoms. The van der Waals surface area contributed by atoms with Gasteiger partial charge in [0.1, 0.15) is 0 Å². The highest BCUT2D eigenvalue weighted by molar-refractivity contribution is 6.11. The molecule has 1 unspecified atom stereocenters. The monoisotopic (exact) mass is 138 g/mol. The van der Waals surface area contributed by atoms with Crippen LogP contribution in [0.15, 0.2) is 0 Å². The lowest BCUT2D eigenvalue weighted by Gasteiger charge is -2.31. The summed E-state index contributed by atoms with van der Waals surface area (Å²) in [6.07, 6.45) is 1.12. The Morgan fingerprint density at radius 3 is 1.70 bits per heavy atom. The molecule has 0 amide bonds. The fraction of sp³-hybridized carbons (Fsp3) is 1.00. The van der Waals surface area contributed by atoms with Crippen molar-refractivity contribution < 1.29 is 0 Å². The van der Waals surface area contributed by atoms with Gasteiger partial charge in [-0.25, -0.2) is 0 Å². The average molecular weight is 138 g/mol. The van der Waals surface area contributed by atoms with Crippen molar-refractivity contribution in [2.24, 2.45) is 11.3 Å². The van der Waals surface area contributed by atoms with Gasteiger partial charge in [0.25, 0.3) is 0 Å². The lowest BCUT2D eigenvalue weighted by molar-refractivity contribution is 0.227. The Bertz CT molecular complexity index is 92.9. The Kier molecular flexibility index (Phi) is 3.48. The molecule has 0 aliphatic heterocycles. The van der Waals surface area contributed by atoms with Crippen molar-refractivity contribution in [3.8, 4) is 0 Å². The summed E-state index contributed by atoms with van der Waals surface area (Å²) in [4.78, 5) is 0. The van der Waals surface area contributed by atoms with E-state index >= 15 is 0 Å². The van der Waals surface area contributed by atoms with Crippen LogP contribution in [0.3, 0.4) is 0 Å². The van der Waals surface area contributed by atoms with Crippen LogP contribution in [-0.2, 0) is 0 Å². The number of hydrogen-bond donors (Lipinski definition) is 0. The van der Waals surface area contributed by atoms with Crippen molar-refractivity contribution in [2.45, 2.75) is 46.9 Å². The molecule has 0 saturated carbocycles. The van der Waals surface area contributed by atoms with E-state index in [1.807, 2.05) is 0 Å². The molecule has 0 aromatic rings. The van der Waals surface area contributed by atoms with E-state index in [1.54, 1.807) is 0 Å². The lowest BCUT2D eigenvalue weighted by atomic mass is 9.70. The van der Waals surface area contributed by atoms with E-state index in [0.29, 0.717) is 11.2 Å². The zero-order valence-corrected chi connectivity index (χ0v) is 7.94. The van der Waals surface area contributed by atoms with Gasteiger partial charge in [0.15, 0.2) is 0 Å². The lowest BCUT2D eigenvalue weighted by Crippen LogP contribution is -2.20. The van der Waals surface area contributed by atoms with Crippen LogP contribution in [0.25, 0.3) is 0 Å². The van der Waals surface area contributed by atoms with Crippen molar-refractivity contribution in [2.75, 3.05) is 0 Å². The smallest absolute Gasteiger partial charge is 0.0696 e. The van der Waals surface area contributed by atoms with Crippen molar-refractivity contribution in [3.63, 3.8) is 0 Å². The molecule has 0 nitrogen and oxygen atoms in total. The molecule has 0 aromatic carbocycles. The molecule has 2 radical (unpaired) electrons. The standard InChI is InChI=1S/C9H19B/c1-7(2)9(4,5)6-8(3)10/h7-8H,6H2,1-5H3. The first-order valence-corrected chi connectivity index (χ1v) is 4.12. The summed E-state index contributed by atoms with van der Waals surface area (Å²) >= 11 is 0. The molecule has 0 aromatic heterocycles. The summed E-state index contributed by atoms with van der Waals surface area (Å²) in [5.41, 5.74) is 0.397. The Hall–Kier alpha value is 0.0649. The molecule has 0 saturated heterocycles. The van der Waals surface area contributed by atoms with Crippen LogP contribution >= 0.6 is 0 Å². The van der Waals surface area contributed by atoms with Crippen LogP contribution in [0.5, 0.6) is 0 Å². The van der Waals surface area contributed by atoms with Gasteiger partial charge in [-0.1, -0.05) is 46.9 Å². The minimum atomic E-state index is 0.331. The molecule has 58 valence electrons. The molecular formula is C9H19B. The van der Waals surface area contributed by atoms with Crippen molar-refractivity contribution in [3.05, 3.63) is 0 Å². The highest BCUT2D eigenvalue weighted by Gasteiger charge is 2.22. The third-order valence-electron chi connectivity index (χ3n) is 2.41. The van der Waals surface area contributed by atoms with Gasteiger partial charge in [-0.15, -0.1) is 0 Å². The Morgan fingerprint density at radius 1 is 1.20 bits per heavy atom. The van der Waals surface area contributed by atoms with Crippen molar-refractivity contribution >= 4 is 7.85 Å². The van der Waals surface area contributed by atoms with Gasteiger partial charge in [0, 0.05) is 0 Å². The van der Waals surface area contributed by atoms with Crippen LogP contribution < -0.4 is 0 Å². The predicted molar refractivity (Wildman–Crippen MR) is 48.4 cm³/mol. The molecule has 0 bridgehead atoms. The predicted octanol–water partition coefficient (Wildman–Crippen LogP) is 3.04. The summed E-state index contributed by atoms with van der Waals surface area (Å²) in [5.74, 6) is 1.05. The highest BCUT2D eigenvalue weighted by Crippen LogP contribution is 2.34. The maximum absolute atomic E-state index is 5.72. The topological polar surface area (TPSA) is 0 Å². The molecule has 1 heteroatoms. The van der Waals surface area contributed by atoms with E-state index < -0.39 is 0 Å². The second kappa shape index (κ2) is 3.45. The summed E-state index contributed by atoms with van der Waals surface area (Å²) in [6, 6.07) is 0. The van der Waals surface area contributed by atoms with Gasteiger partial charge < -0.3 is 0 Å². The first kappa shape index (κ1) is 10.1. The molecule has 0 aliphatic rings. The molecule has 0 N–H and O–H groups in total. The molecule has 0 aliphatic carbocycles. The van der Waals surface area contributed by atoms with Crippen LogP contribution in [0.1, 0.15) is 41.0 Å². The van der Waals surface area contributed by atoms with Gasteiger partial charge in [-0.3, -0.25) is 0 Å². The summed E-state index contributed by atoms with van der Waals surface area (Å²) in [6.45, 7) is 11.1. The third-order valence-corrected chi connectivity index (χ3v) is 2.41. The van der Waals surface area contributed by atoms with E-state index in [2.05, 4.69) is 34.6 Å². The Morgan fingerprint density at radius 2 is 1.60 bits per heavy atom. The van der Waals surface area contributed by atoms with Gasteiger partial charge in [0.05, 0.1) is 7.85 Å². The maximum Gasteiger partial charge on any atom is 0.0696 e. The maximum atomic E-state index is 5.72. The summed E-state index contributed by atoms with van der Waals surface area (Å²) < 4.78 is 0. The zero-order valence-electron chi connectivity index (χ0n) is 7.94. The quantitative estimate of drug-likeness (QED) is 0.526. The molecule has 0 heterocycles. The Balaban J connectivity index is 3.87. The average Bonchev–Trinajstić information content (AvgIpc) is 1.60. The number of rotatable bonds is 3. The first-order chi connectivity index (χ1) is 4.36. The SMILES string of the molecule is [B]C(C)CC(C)(C)C(C)C. The van der Waals surface area contributed by atoms with Gasteiger partial charge in [-0.05, 0) is 11.3 Å². The minimum absolute atomic E-state index is 0.331. The Labute approximate surface area is 66.8 Å². The van der Waals surface area contributed by atoms with Gasteiger partial charge in [-0.2, -0.15) is 0 Å². The van der Waals surface area contributed by atoms with Crippen molar-refractivity contribution in [1.29, 1.82) is 0 Å². The fourth-order valence-electron chi connectivity index (χ4n) is 1.07. The van der Waals surface area contributed by atoms with E-state index in [1.165, 1.54) is 0 Å². The van der Waals surface area contributed by atoms with Crippen LogP contribution in [0.2, 0.25) is 5.82 Å². The fourth-order valence-corrected chi connectivity index (χ4v) is 1.07. The largest absolute Gasteiger partial charge is 0.0797 e. The van der Waals surface area contributed by atoms with Crippen molar-refractivity contribution in [1.82, 2.24) is 0 Å². The van der Waals surface area contributed by atoms with E-state index in [9.17, 15) is 0 Å². The van der Waals surface area contributed by atoms with E-state index in [-0.39, 0.29) is 0 Å². The summed E-state index contributed by atoms with van der Waals surface area (Å²) in [7, 11) is 5.72. The molecule has 0 rings (SSSR count). The van der Waals surface area contributed by atoms with Gasteiger partial charge in [0.2, 0.25) is 0 Å². The molecule has 1 atom stereocenters. The first-order valence-electron chi connectivity index (χ1n) is 4.12. The van der Waals surface area contributed by atoms with Gasteiger partial charge >= 0.3 is 0 Å². The van der Waals surface area contributed by atoms with E-state index in [4.69, 9.17) is 7.85 Å².